The standard InChI is InChI=1S/C19H18N4O/c1-12(2)24-17-9-8-14(10-15(17)11-20)18-21-19(23-22-18)16-7-5-4-6-13(16)3/h4-10,12H,1-3H3,(H,21,22,23). The molecule has 120 valence electrons. The summed E-state index contributed by atoms with van der Waals surface area (Å²) in [5.41, 5.74) is 3.38. The number of aryl methyl sites for hydroxylation is 1. The van der Waals surface area contributed by atoms with Crippen LogP contribution in [0.15, 0.2) is 42.5 Å². The fraction of sp³-hybridized carbons (Fsp3) is 0.211. The van der Waals surface area contributed by atoms with Crippen molar-refractivity contribution in [1.82, 2.24) is 15.2 Å². The molecule has 0 spiro atoms. The minimum absolute atomic E-state index is 0.0147. The van der Waals surface area contributed by atoms with E-state index in [4.69, 9.17) is 4.74 Å². The van der Waals surface area contributed by atoms with Gasteiger partial charge in [-0.1, -0.05) is 24.3 Å². The SMILES string of the molecule is Cc1ccccc1-c1n[nH]c(-c2ccc(OC(C)C)c(C#N)c2)n1. The van der Waals surface area contributed by atoms with Crippen LogP contribution in [0.4, 0.5) is 0 Å². The highest BCUT2D eigenvalue weighted by atomic mass is 16.5. The van der Waals surface area contributed by atoms with Crippen LogP contribution < -0.4 is 4.74 Å². The number of aromatic nitrogens is 3. The molecular weight excluding hydrogens is 300 g/mol. The Morgan fingerprint density at radius 3 is 2.67 bits per heavy atom. The molecule has 0 aliphatic rings. The van der Waals surface area contributed by atoms with Gasteiger partial charge in [-0.3, -0.25) is 5.10 Å². The molecule has 1 aromatic heterocycles. The number of nitriles is 1. The second-order valence-corrected chi connectivity index (χ2v) is 5.81. The Morgan fingerprint density at radius 1 is 1.17 bits per heavy atom. The van der Waals surface area contributed by atoms with Gasteiger partial charge in [0.05, 0.1) is 11.7 Å². The van der Waals surface area contributed by atoms with E-state index in [1.54, 1.807) is 12.1 Å². The van der Waals surface area contributed by atoms with E-state index in [-0.39, 0.29) is 6.10 Å². The molecule has 3 aromatic rings. The zero-order valence-corrected chi connectivity index (χ0v) is 13.9. The van der Waals surface area contributed by atoms with Crippen LogP contribution in [0, 0.1) is 18.3 Å². The van der Waals surface area contributed by atoms with Crippen LogP contribution in [-0.2, 0) is 0 Å². The predicted molar refractivity (Wildman–Crippen MR) is 92.5 cm³/mol. The average Bonchev–Trinajstić information content (AvgIpc) is 3.05. The molecule has 0 unspecified atom stereocenters. The summed E-state index contributed by atoms with van der Waals surface area (Å²) >= 11 is 0. The Balaban J connectivity index is 1.96. The molecule has 0 amide bonds. The van der Waals surface area contributed by atoms with E-state index in [1.807, 2.05) is 51.1 Å². The van der Waals surface area contributed by atoms with E-state index in [0.717, 1.165) is 16.7 Å². The average molecular weight is 318 g/mol. The van der Waals surface area contributed by atoms with Gasteiger partial charge in [-0.2, -0.15) is 10.4 Å². The molecule has 24 heavy (non-hydrogen) atoms. The largest absolute Gasteiger partial charge is 0.490 e. The first-order chi connectivity index (χ1) is 11.6. The first kappa shape index (κ1) is 15.8. The highest BCUT2D eigenvalue weighted by Crippen LogP contribution is 2.27. The summed E-state index contributed by atoms with van der Waals surface area (Å²) < 4.78 is 5.65. The molecule has 0 atom stereocenters. The van der Waals surface area contributed by atoms with Crippen molar-refractivity contribution in [3.05, 3.63) is 53.6 Å². The van der Waals surface area contributed by atoms with Crippen LogP contribution in [0.25, 0.3) is 22.8 Å². The first-order valence-corrected chi connectivity index (χ1v) is 7.78. The van der Waals surface area contributed by atoms with Gasteiger partial charge in [-0.15, -0.1) is 0 Å². The van der Waals surface area contributed by atoms with E-state index >= 15 is 0 Å². The molecule has 0 saturated carbocycles. The zero-order valence-electron chi connectivity index (χ0n) is 13.9. The predicted octanol–water partition coefficient (Wildman–Crippen LogP) is 4.11. The minimum atomic E-state index is 0.0147. The van der Waals surface area contributed by atoms with Gasteiger partial charge in [0.2, 0.25) is 0 Å². The Kier molecular flexibility index (Phi) is 4.30. The molecule has 0 aliphatic carbocycles. The van der Waals surface area contributed by atoms with Gasteiger partial charge in [-0.25, -0.2) is 4.98 Å². The monoisotopic (exact) mass is 318 g/mol. The molecule has 0 saturated heterocycles. The Bertz CT molecular complexity index is 906. The number of rotatable bonds is 4. The fourth-order valence-electron chi connectivity index (χ4n) is 2.46. The van der Waals surface area contributed by atoms with Crippen molar-refractivity contribution >= 4 is 0 Å². The summed E-state index contributed by atoms with van der Waals surface area (Å²) in [6.45, 7) is 5.89. The maximum absolute atomic E-state index is 9.35. The second-order valence-electron chi connectivity index (χ2n) is 5.81. The van der Waals surface area contributed by atoms with E-state index in [0.29, 0.717) is 23.0 Å². The van der Waals surface area contributed by atoms with E-state index in [9.17, 15) is 5.26 Å². The van der Waals surface area contributed by atoms with Gasteiger partial charge in [-0.05, 0) is 44.5 Å². The van der Waals surface area contributed by atoms with Crippen molar-refractivity contribution < 1.29 is 4.74 Å². The van der Waals surface area contributed by atoms with Crippen LogP contribution in [0.3, 0.4) is 0 Å². The van der Waals surface area contributed by atoms with Crippen molar-refractivity contribution in [3.63, 3.8) is 0 Å². The smallest absolute Gasteiger partial charge is 0.181 e. The quantitative estimate of drug-likeness (QED) is 0.785. The van der Waals surface area contributed by atoms with Gasteiger partial charge in [0, 0.05) is 11.1 Å². The van der Waals surface area contributed by atoms with E-state index in [1.165, 1.54) is 0 Å². The van der Waals surface area contributed by atoms with Crippen molar-refractivity contribution in [3.8, 4) is 34.6 Å². The molecule has 0 radical (unpaired) electrons. The molecule has 0 fully saturated rings. The Labute approximate surface area is 140 Å². The minimum Gasteiger partial charge on any atom is -0.490 e. The highest BCUT2D eigenvalue weighted by molar-refractivity contribution is 5.65. The molecular formula is C19H18N4O. The van der Waals surface area contributed by atoms with Crippen LogP contribution in [0.2, 0.25) is 0 Å². The number of benzene rings is 2. The molecule has 2 aromatic carbocycles. The number of hydrogen-bond acceptors (Lipinski definition) is 4. The summed E-state index contributed by atoms with van der Waals surface area (Å²) in [4.78, 5) is 4.56. The number of H-pyrrole nitrogens is 1. The lowest BCUT2D eigenvalue weighted by atomic mass is 10.1. The third kappa shape index (κ3) is 3.13. The highest BCUT2D eigenvalue weighted by Gasteiger charge is 2.12. The maximum atomic E-state index is 9.35. The Hall–Kier alpha value is -3.13. The zero-order chi connectivity index (χ0) is 17.1. The van der Waals surface area contributed by atoms with Gasteiger partial charge in [0.25, 0.3) is 0 Å². The third-order valence-corrected chi connectivity index (χ3v) is 3.61. The van der Waals surface area contributed by atoms with Gasteiger partial charge >= 0.3 is 0 Å². The van der Waals surface area contributed by atoms with Crippen molar-refractivity contribution in [2.24, 2.45) is 0 Å². The summed E-state index contributed by atoms with van der Waals surface area (Å²) in [5.74, 6) is 1.85. The summed E-state index contributed by atoms with van der Waals surface area (Å²) in [5, 5.41) is 16.6. The van der Waals surface area contributed by atoms with Crippen molar-refractivity contribution in [2.75, 3.05) is 0 Å². The molecule has 1 N–H and O–H groups in total. The number of hydrogen-bond donors (Lipinski definition) is 1. The number of ether oxygens (including phenoxy) is 1. The summed E-state index contributed by atoms with van der Waals surface area (Å²) in [6, 6.07) is 15.6. The Morgan fingerprint density at radius 2 is 1.96 bits per heavy atom. The lowest BCUT2D eigenvalue weighted by Crippen LogP contribution is -2.06. The van der Waals surface area contributed by atoms with Crippen LogP contribution >= 0.6 is 0 Å². The molecule has 0 bridgehead atoms. The van der Waals surface area contributed by atoms with Crippen LogP contribution in [0.1, 0.15) is 25.0 Å². The van der Waals surface area contributed by atoms with E-state index in [2.05, 4.69) is 21.3 Å². The van der Waals surface area contributed by atoms with Gasteiger partial charge < -0.3 is 4.74 Å². The lowest BCUT2D eigenvalue weighted by molar-refractivity contribution is 0.242. The number of aromatic amines is 1. The lowest BCUT2D eigenvalue weighted by Gasteiger charge is -2.11. The van der Waals surface area contributed by atoms with Crippen LogP contribution in [0.5, 0.6) is 5.75 Å². The van der Waals surface area contributed by atoms with Crippen molar-refractivity contribution in [1.29, 1.82) is 5.26 Å². The second kappa shape index (κ2) is 6.55. The maximum Gasteiger partial charge on any atom is 0.181 e. The topological polar surface area (TPSA) is 74.6 Å². The van der Waals surface area contributed by atoms with Gasteiger partial charge in [0.15, 0.2) is 11.6 Å². The van der Waals surface area contributed by atoms with Gasteiger partial charge in [0.1, 0.15) is 11.8 Å². The molecule has 5 heteroatoms. The molecule has 1 heterocycles. The van der Waals surface area contributed by atoms with E-state index < -0.39 is 0 Å². The summed E-state index contributed by atoms with van der Waals surface area (Å²) in [7, 11) is 0. The van der Waals surface area contributed by atoms with Crippen molar-refractivity contribution in [2.45, 2.75) is 26.9 Å². The number of nitrogens with zero attached hydrogens (tertiary/aromatic N) is 3. The third-order valence-electron chi connectivity index (χ3n) is 3.61. The first-order valence-electron chi connectivity index (χ1n) is 7.78. The molecule has 0 aliphatic heterocycles. The molecule has 3 rings (SSSR count). The van der Waals surface area contributed by atoms with Crippen LogP contribution in [-0.4, -0.2) is 21.3 Å². The number of nitrogens with one attached hydrogen (secondary N) is 1. The summed E-state index contributed by atoms with van der Waals surface area (Å²) in [6.07, 6.45) is 0.0147. The molecule has 5 nitrogen and oxygen atoms in total. The fourth-order valence-corrected chi connectivity index (χ4v) is 2.46. The normalized spacial score (nSPS) is 10.6.